The first-order valence-electron chi connectivity index (χ1n) is 7.48. The summed E-state index contributed by atoms with van der Waals surface area (Å²) in [5, 5.41) is 8.39. The largest absolute Gasteiger partial charge is 0.489 e. The maximum Gasteiger partial charge on any atom is 0.127 e. The van der Waals surface area contributed by atoms with Crippen LogP contribution in [0.1, 0.15) is 12.8 Å². The van der Waals surface area contributed by atoms with Gasteiger partial charge in [-0.3, -0.25) is 0 Å². The highest BCUT2D eigenvalue weighted by atomic mass is 32.2. The summed E-state index contributed by atoms with van der Waals surface area (Å²) in [5.74, 6) is 1.00. The fraction of sp³-hybridized carbons (Fsp3) is 0.333. The van der Waals surface area contributed by atoms with Gasteiger partial charge in [-0.1, -0.05) is 42.5 Å². The highest BCUT2D eigenvalue weighted by Crippen LogP contribution is 2.33. The standard InChI is InChI=1S/C18H21NOS/c1-19-12-11-17(18-10-5-13-21-18)20-16-9-4-7-14-6-2-3-8-15(14)16/h2-9,13,17-19H,10-12H2,1H3/t17?,18-/m1/s1. The smallest absolute Gasteiger partial charge is 0.127 e. The molecule has 1 heterocycles. The van der Waals surface area contributed by atoms with Gasteiger partial charge in [-0.15, -0.1) is 11.8 Å². The van der Waals surface area contributed by atoms with Gasteiger partial charge in [0.25, 0.3) is 0 Å². The predicted octanol–water partition coefficient (Wildman–Crippen LogP) is 4.22. The molecule has 21 heavy (non-hydrogen) atoms. The zero-order valence-corrected chi connectivity index (χ0v) is 13.1. The van der Waals surface area contributed by atoms with Crippen LogP contribution in [-0.2, 0) is 0 Å². The van der Waals surface area contributed by atoms with E-state index in [2.05, 4.69) is 59.3 Å². The van der Waals surface area contributed by atoms with Crippen LogP contribution < -0.4 is 10.1 Å². The second-order valence-corrected chi connectivity index (χ2v) is 6.46. The Morgan fingerprint density at radius 2 is 2.10 bits per heavy atom. The molecule has 3 heteroatoms. The van der Waals surface area contributed by atoms with Gasteiger partial charge in [0.15, 0.2) is 0 Å². The van der Waals surface area contributed by atoms with E-state index in [9.17, 15) is 0 Å². The number of hydrogen-bond donors (Lipinski definition) is 1. The summed E-state index contributed by atoms with van der Waals surface area (Å²) in [5.41, 5.74) is 0. The molecular weight excluding hydrogens is 278 g/mol. The lowest BCUT2D eigenvalue weighted by molar-refractivity contribution is 0.191. The van der Waals surface area contributed by atoms with Gasteiger partial charge in [0.2, 0.25) is 0 Å². The van der Waals surface area contributed by atoms with Crippen LogP contribution >= 0.6 is 11.8 Å². The van der Waals surface area contributed by atoms with E-state index in [4.69, 9.17) is 4.74 Å². The number of fused-ring (bicyclic) bond motifs is 1. The first-order chi connectivity index (χ1) is 10.4. The van der Waals surface area contributed by atoms with E-state index in [1.165, 1.54) is 10.8 Å². The fourth-order valence-electron chi connectivity index (χ4n) is 2.71. The van der Waals surface area contributed by atoms with E-state index in [1.807, 2.05) is 18.8 Å². The van der Waals surface area contributed by atoms with Crippen molar-refractivity contribution in [3.63, 3.8) is 0 Å². The summed E-state index contributed by atoms with van der Waals surface area (Å²) in [4.78, 5) is 0. The number of benzene rings is 2. The molecule has 2 aromatic carbocycles. The Morgan fingerprint density at radius 3 is 2.90 bits per heavy atom. The van der Waals surface area contributed by atoms with Crippen molar-refractivity contribution < 1.29 is 4.74 Å². The van der Waals surface area contributed by atoms with Crippen molar-refractivity contribution in [1.29, 1.82) is 0 Å². The molecule has 1 N–H and O–H groups in total. The van der Waals surface area contributed by atoms with Crippen LogP contribution in [0.25, 0.3) is 10.8 Å². The molecule has 0 saturated carbocycles. The summed E-state index contributed by atoms with van der Waals surface area (Å²) in [6, 6.07) is 14.7. The summed E-state index contributed by atoms with van der Waals surface area (Å²) < 4.78 is 6.41. The zero-order chi connectivity index (χ0) is 14.5. The van der Waals surface area contributed by atoms with Gasteiger partial charge in [-0.25, -0.2) is 0 Å². The van der Waals surface area contributed by atoms with Crippen molar-refractivity contribution >= 4 is 22.5 Å². The van der Waals surface area contributed by atoms with Gasteiger partial charge in [0, 0.05) is 10.6 Å². The van der Waals surface area contributed by atoms with Gasteiger partial charge in [0.05, 0.1) is 0 Å². The minimum absolute atomic E-state index is 0.239. The van der Waals surface area contributed by atoms with Crippen LogP contribution in [0.4, 0.5) is 0 Å². The lowest BCUT2D eigenvalue weighted by atomic mass is 10.1. The van der Waals surface area contributed by atoms with Crippen LogP contribution in [0.5, 0.6) is 5.75 Å². The number of hydrogen-bond acceptors (Lipinski definition) is 3. The van der Waals surface area contributed by atoms with Crippen molar-refractivity contribution in [2.24, 2.45) is 0 Å². The summed E-state index contributed by atoms with van der Waals surface area (Å²) in [6.07, 6.45) is 4.61. The van der Waals surface area contributed by atoms with E-state index in [0.717, 1.165) is 25.1 Å². The lowest BCUT2D eigenvalue weighted by Crippen LogP contribution is -2.31. The third-order valence-electron chi connectivity index (χ3n) is 3.84. The Labute approximate surface area is 130 Å². The molecule has 2 nitrogen and oxygen atoms in total. The second-order valence-electron chi connectivity index (χ2n) is 5.31. The average molecular weight is 299 g/mol. The molecular formula is C18H21NOS. The zero-order valence-electron chi connectivity index (χ0n) is 12.3. The third kappa shape index (κ3) is 3.42. The molecule has 1 unspecified atom stereocenters. The molecule has 0 aliphatic carbocycles. The molecule has 0 saturated heterocycles. The minimum atomic E-state index is 0.239. The average Bonchev–Trinajstić information content (AvgIpc) is 3.06. The third-order valence-corrected chi connectivity index (χ3v) is 5.03. The number of thioether (sulfide) groups is 1. The summed E-state index contributed by atoms with van der Waals surface area (Å²) in [7, 11) is 2.00. The summed E-state index contributed by atoms with van der Waals surface area (Å²) in [6.45, 7) is 0.979. The van der Waals surface area contributed by atoms with Crippen LogP contribution in [0.15, 0.2) is 53.9 Å². The molecule has 0 amide bonds. The van der Waals surface area contributed by atoms with Crippen LogP contribution in [0.3, 0.4) is 0 Å². The molecule has 0 bridgehead atoms. The van der Waals surface area contributed by atoms with Crippen molar-refractivity contribution in [2.45, 2.75) is 24.2 Å². The first kappa shape index (κ1) is 14.5. The molecule has 2 atom stereocenters. The molecule has 0 aromatic heterocycles. The Bertz CT molecular complexity index is 612. The fourth-order valence-corrected chi connectivity index (χ4v) is 3.72. The molecule has 1 aliphatic rings. The van der Waals surface area contributed by atoms with Gasteiger partial charge in [0.1, 0.15) is 11.9 Å². The minimum Gasteiger partial charge on any atom is -0.489 e. The van der Waals surface area contributed by atoms with E-state index in [1.54, 1.807) is 0 Å². The maximum atomic E-state index is 6.41. The van der Waals surface area contributed by atoms with E-state index in [-0.39, 0.29) is 6.10 Å². The Kier molecular flexibility index (Phi) is 4.84. The lowest BCUT2D eigenvalue weighted by Gasteiger charge is -2.25. The normalized spacial score (nSPS) is 19.0. The predicted molar refractivity (Wildman–Crippen MR) is 92.0 cm³/mol. The molecule has 0 spiro atoms. The Hall–Kier alpha value is -1.45. The van der Waals surface area contributed by atoms with Gasteiger partial charge in [-0.05, 0) is 43.3 Å². The SMILES string of the molecule is CNCCC(Oc1cccc2ccccc12)[C@H]1CC=CS1. The summed E-state index contributed by atoms with van der Waals surface area (Å²) >= 11 is 1.89. The van der Waals surface area contributed by atoms with Crippen molar-refractivity contribution in [3.8, 4) is 5.75 Å². The number of allylic oxidation sites excluding steroid dienone is 1. The van der Waals surface area contributed by atoms with Crippen LogP contribution in [0, 0.1) is 0 Å². The van der Waals surface area contributed by atoms with Gasteiger partial charge < -0.3 is 10.1 Å². The molecule has 3 rings (SSSR count). The molecule has 1 aliphatic heterocycles. The molecule has 0 fully saturated rings. The number of rotatable bonds is 6. The van der Waals surface area contributed by atoms with Crippen molar-refractivity contribution in [1.82, 2.24) is 5.32 Å². The highest BCUT2D eigenvalue weighted by Gasteiger charge is 2.24. The first-order valence-corrected chi connectivity index (χ1v) is 8.42. The Morgan fingerprint density at radius 1 is 1.24 bits per heavy atom. The number of nitrogens with one attached hydrogen (secondary N) is 1. The van der Waals surface area contributed by atoms with Crippen LogP contribution in [0.2, 0.25) is 0 Å². The quantitative estimate of drug-likeness (QED) is 0.863. The monoisotopic (exact) mass is 299 g/mol. The molecule has 110 valence electrons. The van der Waals surface area contributed by atoms with Gasteiger partial charge >= 0.3 is 0 Å². The van der Waals surface area contributed by atoms with Crippen LogP contribution in [-0.4, -0.2) is 24.9 Å². The molecule has 2 aromatic rings. The topological polar surface area (TPSA) is 21.3 Å². The van der Waals surface area contributed by atoms with Crippen molar-refractivity contribution in [2.75, 3.05) is 13.6 Å². The van der Waals surface area contributed by atoms with Crippen molar-refractivity contribution in [3.05, 3.63) is 53.9 Å². The van der Waals surface area contributed by atoms with E-state index >= 15 is 0 Å². The second kappa shape index (κ2) is 7.01. The Balaban J connectivity index is 1.83. The van der Waals surface area contributed by atoms with E-state index in [0.29, 0.717) is 5.25 Å². The molecule has 0 radical (unpaired) electrons. The van der Waals surface area contributed by atoms with Gasteiger partial charge in [-0.2, -0.15) is 0 Å². The maximum absolute atomic E-state index is 6.41. The number of ether oxygens (including phenoxy) is 1. The highest BCUT2D eigenvalue weighted by molar-refractivity contribution is 8.03. The van der Waals surface area contributed by atoms with E-state index < -0.39 is 0 Å².